The predicted octanol–water partition coefficient (Wildman–Crippen LogP) is 1.20. The lowest BCUT2D eigenvalue weighted by atomic mass is 10.5. The van der Waals surface area contributed by atoms with Gasteiger partial charge < -0.3 is 14.2 Å². The summed E-state index contributed by atoms with van der Waals surface area (Å²) in [6, 6.07) is 0. The normalized spacial score (nSPS) is 16.7. The highest BCUT2D eigenvalue weighted by Gasteiger charge is 2.19. The molecule has 0 radical (unpaired) electrons. The Hall–Kier alpha value is 0.110. The Morgan fingerprint density at radius 1 is 1.60 bits per heavy atom. The molecule has 0 aromatic heterocycles. The Labute approximate surface area is 60.7 Å². The summed E-state index contributed by atoms with van der Waals surface area (Å²) in [6.07, 6.45) is 0.205. The van der Waals surface area contributed by atoms with E-state index in [0.29, 0.717) is 6.61 Å². The van der Waals surface area contributed by atoms with E-state index in [9.17, 15) is 4.57 Å². The molecule has 4 nitrogen and oxygen atoms in total. The van der Waals surface area contributed by atoms with Crippen molar-refractivity contribution in [1.29, 1.82) is 0 Å². The maximum Gasteiger partial charge on any atom is 0.355 e. The quantitative estimate of drug-likeness (QED) is 0.626. The highest BCUT2D eigenvalue weighted by atomic mass is 31.2. The third kappa shape index (κ3) is 3.32. The molecule has 1 N–H and O–H groups in total. The van der Waals surface area contributed by atoms with Gasteiger partial charge in [0, 0.05) is 7.11 Å². The van der Waals surface area contributed by atoms with E-state index in [1.807, 2.05) is 6.92 Å². The van der Waals surface area contributed by atoms with E-state index in [-0.39, 0.29) is 0 Å². The van der Waals surface area contributed by atoms with Gasteiger partial charge in [0.05, 0.1) is 6.61 Å². The molecule has 0 saturated heterocycles. The van der Waals surface area contributed by atoms with Crippen LogP contribution in [0.4, 0.5) is 0 Å². The van der Waals surface area contributed by atoms with E-state index in [1.165, 1.54) is 7.11 Å². The van der Waals surface area contributed by atoms with Crippen LogP contribution in [0.1, 0.15) is 13.3 Å². The average Bonchev–Trinajstić information content (AvgIpc) is 2.00. The summed E-state index contributed by atoms with van der Waals surface area (Å²) >= 11 is 0. The van der Waals surface area contributed by atoms with Crippen LogP contribution in [0.15, 0.2) is 0 Å². The summed E-state index contributed by atoms with van der Waals surface area (Å²) in [4.78, 5) is 0. The van der Waals surface area contributed by atoms with Gasteiger partial charge in [0.1, 0.15) is 6.35 Å². The molecule has 0 aromatic rings. The van der Waals surface area contributed by atoms with Crippen molar-refractivity contribution in [3.8, 4) is 0 Å². The highest BCUT2D eigenvalue weighted by Crippen LogP contribution is 2.45. The molecule has 0 bridgehead atoms. The molecule has 5 heteroatoms. The number of hydrogen-bond acceptors (Lipinski definition) is 4. The van der Waals surface area contributed by atoms with Crippen LogP contribution in [0.5, 0.6) is 0 Å². The third-order valence-electron chi connectivity index (χ3n) is 0.943. The van der Waals surface area contributed by atoms with Crippen molar-refractivity contribution in [3.63, 3.8) is 0 Å². The molecule has 10 heavy (non-hydrogen) atoms. The molecule has 0 saturated carbocycles. The van der Waals surface area contributed by atoms with Crippen LogP contribution in [0, 0.1) is 0 Å². The maximum absolute atomic E-state index is 11.0. The van der Waals surface area contributed by atoms with Crippen LogP contribution in [-0.4, -0.2) is 25.2 Å². The zero-order valence-corrected chi connectivity index (χ0v) is 7.13. The monoisotopic (exact) mass is 168 g/mol. The van der Waals surface area contributed by atoms with E-state index in [1.54, 1.807) is 0 Å². The minimum atomic E-state index is -3.14. The van der Waals surface area contributed by atoms with E-state index >= 15 is 0 Å². The van der Waals surface area contributed by atoms with Gasteiger partial charge in [-0.05, 0) is 6.42 Å². The van der Waals surface area contributed by atoms with Crippen LogP contribution in [-0.2, 0) is 13.6 Å². The molecule has 0 spiro atoms. The number of rotatable bonds is 5. The second-order valence-corrected chi connectivity index (χ2v) is 3.90. The zero-order valence-electron chi connectivity index (χ0n) is 6.24. The molecule has 0 amide bonds. The van der Waals surface area contributed by atoms with Crippen molar-refractivity contribution < 1.29 is 18.7 Å². The Balaban J connectivity index is 3.70. The Kier molecular flexibility index (Phi) is 4.91. The first kappa shape index (κ1) is 10.1. The minimum absolute atomic E-state index is 0.353. The molecule has 0 aromatic carbocycles. The SMILES string of the molecule is CCCOP(=O)(CO)OC. The largest absolute Gasteiger partial charge is 0.384 e. The van der Waals surface area contributed by atoms with Crippen molar-refractivity contribution in [2.45, 2.75) is 13.3 Å². The van der Waals surface area contributed by atoms with Gasteiger partial charge in [0.15, 0.2) is 0 Å². The van der Waals surface area contributed by atoms with E-state index in [0.717, 1.165) is 6.42 Å². The van der Waals surface area contributed by atoms with Gasteiger partial charge in [-0.2, -0.15) is 0 Å². The molecule has 1 atom stereocenters. The van der Waals surface area contributed by atoms with Crippen LogP contribution >= 0.6 is 7.60 Å². The number of aliphatic hydroxyl groups is 1. The molecule has 0 aliphatic rings. The maximum atomic E-state index is 11.0. The van der Waals surface area contributed by atoms with Gasteiger partial charge in [-0.25, -0.2) is 0 Å². The highest BCUT2D eigenvalue weighted by molar-refractivity contribution is 7.53. The zero-order chi connectivity index (χ0) is 8.04. The second kappa shape index (κ2) is 4.85. The van der Waals surface area contributed by atoms with Gasteiger partial charge in [0.2, 0.25) is 0 Å². The lowest BCUT2D eigenvalue weighted by Gasteiger charge is -2.11. The molecule has 0 aliphatic heterocycles. The summed E-state index contributed by atoms with van der Waals surface area (Å²) in [7, 11) is -1.89. The van der Waals surface area contributed by atoms with E-state index in [2.05, 4.69) is 4.52 Å². The molecule has 1 unspecified atom stereocenters. The van der Waals surface area contributed by atoms with Crippen molar-refractivity contribution in [1.82, 2.24) is 0 Å². The predicted molar refractivity (Wildman–Crippen MR) is 37.9 cm³/mol. The van der Waals surface area contributed by atoms with E-state index in [4.69, 9.17) is 9.63 Å². The van der Waals surface area contributed by atoms with Crippen molar-refractivity contribution in [2.75, 3.05) is 20.1 Å². The smallest absolute Gasteiger partial charge is 0.355 e. The fourth-order valence-corrected chi connectivity index (χ4v) is 1.14. The van der Waals surface area contributed by atoms with Crippen molar-refractivity contribution >= 4 is 7.60 Å². The summed E-state index contributed by atoms with van der Waals surface area (Å²) < 4.78 is 20.2. The van der Waals surface area contributed by atoms with Gasteiger partial charge in [-0.1, -0.05) is 6.92 Å². The fraction of sp³-hybridized carbons (Fsp3) is 1.00. The Morgan fingerprint density at radius 2 is 2.20 bits per heavy atom. The molecule has 0 rings (SSSR count). The van der Waals surface area contributed by atoms with Gasteiger partial charge in [-0.3, -0.25) is 4.57 Å². The summed E-state index contributed by atoms with van der Waals surface area (Å²) in [5.41, 5.74) is 0. The first-order valence-electron chi connectivity index (χ1n) is 3.08. The molecule has 0 fully saturated rings. The number of hydrogen-bond donors (Lipinski definition) is 1. The van der Waals surface area contributed by atoms with Crippen LogP contribution in [0.2, 0.25) is 0 Å². The van der Waals surface area contributed by atoms with Crippen LogP contribution in [0.25, 0.3) is 0 Å². The average molecular weight is 168 g/mol. The fourth-order valence-electron chi connectivity index (χ4n) is 0.382. The van der Waals surface area contributed by atoms with Crippen LogP contribution in [0.3, 0.4) is 0 Å². The molecule has 0 aliphatic carbocycles. The molecular formula is C5H13O4P. The molecule has 0 heterocycles. The molecular weight excluding hydrogens is 155 g/mol. The summed E-state index contributed by atoms with van der Waals surface area (Å²) in [5.74, 6) is 0. The standard InChI is InChI=1S/C5H13O4P/c1-3-4-9-10(7,5-6)8-2/h6H,3-5H2,1-2H3. The first-order valence-corrected chi connectivity index (χ1v) is 4.81. The lowest BCUT2D eigenvalue weighted by Crippen LogP contribution is -1.97. The van der Waals surface area contributed by atoms with E-state index < -0.39 is 13.9 Å². The van der Waals surface area contributed by atoms with Crippen LogP contribution < -0.4 is 0 Å². The van der Waals surface area contributed by atoms with Crippen molar-refractivity contribution in [2.24, 2.45) is 0 Å². The van der Waals surface area contributed by atoms with Gasteiger partial charge in [0.25, 0.3) is 0 Å². The van der Waals surface area contributed by atoms with Gasteiger partial charge in [-0.15, -0.1) is 0 Å². The second-order valence-electron chi connectivity index (χ2n) is 1.77. The summed E-state index contributed by atoms with van der Waals surface area (Å²) in [5, 5.41) is 8.50. The Morgan fingerprint density at radius 3 is 2.50 bits per heavy atom. The Bertz CT molecular complexity index is 117. The lowest BCUT2D eigenvalue weighted by molar-refractivity contribution is 0.203. The minimum Gasteiger partial charge on any atom is -0.384 e. The van der Waals surface area contributed by atoms with Gasteiger partial charge >= 0.3 is 7.60 Å². The number of aliphatic hydroxyl groups excluding tert-OH is 1. The molecule has 62 valence electrons. The van der Waals surface area contributed by atoms with Crippen molar-refractivity contribution in [3.05, 3.63) is 0 Å². The first-order chi connectivity index (χ1) is 4.68. The third-order valence-corrected chi connectivity index (χ3v) is 2.42. The topological polar surface area (TPSA) is 55.8 Å². The summed E-state index contributed by atoms with van der Waals surface area (Å²) in [6.45, 7) is 2.24.